The van der Waals surface area contributed by atoms with Crippen molar-refractivity contribution in [1.82, 2.24) is 5.32 Å². The first-order valence-corrected chi connectivity index (χ1v) is 6.14. The maximum absolute atomic E-state index is 10.8. The SMILES string of the molecule is CC1CC(c2ccc(C(=O)O)cc2)C(C)CN1. The second-order valence-corrected chi connectivity index (χ2v) is 5.06. The fourth-order valence-electron chi connectivity index (χ4n) is 2.56. The molecule has 0 spiro atoms. The van der Waals surface area contributed by atoms with Crippen molar-refractivity contribution in [3.63, 3.8) is 0 Å². The number of hydrogen-bond donors (Lipinski definition) is 2. The van der Waals surface area contributed by atoms with Crippen molar-refractivity contribution >= 4 is 5.97 Å². The number of carboxylic acid groups (broad SMARTS) is 1. The largest absolute Gasteiger partial charge is 0.478 e. The van der Waals surface area contributed by atoms with Gasteiger partial charge in [-0.05, 0) is 49.4 Å². The molecule has 0 aliphatic carbocycles. The molecule has 0 amide bonds. The topological polar surface area (TPSA) is 49.3 Å². The van der Waals surface area contributed by atoms with Crippen LogP contribution < -0.4 is 5.32 Å². The molecular formula is C14H19NO2. The van der Waals surface area contributed by atoms with E-state index in [2.05, 4.69) is 19.2 Å². The molecule has 0 saturated carbocycles. The van der Waals surface area contributed by atoms with E-state index in [1.54, 1.807) is 12.1 Å². The number of carbonyl (C=O) groups is 1. The van der Waals surface area contributed by atoms with Crippen LogP contribution in [0.2, 0.25) is 0 Å². The second-order valence-electron chi connectivity index (χ2n) is 5.06. The van der Waals surface area contributed by atoms with Gasteiger partial charge in [0.05, 0.1) is 5.56 Å². The summed E-state index contributed by atoms with van der Waals surface area (Å²) in [6.45, 7) is 5.48. The number of rotatable bonds is 2. The first kappa shape index (κ1) is 12.1. The molecule has 0 bridgehead atoms. The first-order valence-electron chi connectivity index (χ1n) is 6.14. The highest BCUT2D eigenvalue weighted by molar-refractivity contribution is 5.87. The summed E-state index contributed by atoms with van der Waals surface area (Å²) in [5.74, 6) is 0.277. The van der Waals surface area contributed by atoms with E-state index in [1.165, 1.54) is 5.56 Å². The molecule has 1 aromatic carbocycles. The molecule has 1 saturated heterocycles. The van der Waals surface area contributed by atoms with Gasteiger partial charge in [0.25, 0.3) is 0 Å². The van der Waals surface area contributed by atoms with Crippen LogP contribution in [0, 0.1) is 5.92 Å². The minimum Gasteiger partial charge on any atom is -0.478 e. The fourth-order valence-corrected chi connectivity index (χ4v) is 2.56. The number of hydrogen-bond acceptors (Lipinski definition) is 2. The van der Waals surface area contributed by atoms with Crippen molar-refractivity contribution in [2.45, 2.75) is 32.2 Å². The molecule has 1 aromatic rings. The van der Waals surface area contributed by atoms with Gasteiger partial charge in [0.15, 0.2) is 0 Å². The van der Waals surface area contributed by atoms with Gasteiger partial charge in [0, 0.05) is 6.04 Å². The highest BCUT2D eigenvalue weighted by Gasteiger charge is 2.26. The zero-order valence-corrected chi connectivity index (χ0v) is 10.3. The van der Waals surface area contributed by atoms with Crippen LogP contribution in [0.25, 0.3) is 0 Å². The van der Waals surface area contributed by atoms with Crippen molar-refractivity contribution < 1.29 is 9.90 Å². The Morgan fingerprint density at radius 2 is 1.94 bits per heavy atom. The van der Waals surface area contributed by atoms with E-state index in [0.717, 1.165) is 13.0 Å². The second kappa shape index (κ2) is 4.88. The summed E-state index contributed by atoms with van der Waals surface area (Å²) in [6, 6.07) is 7.87. The van der Waals surface area contributed by atoms with E-state index in [9.17, 15) is 4.79 Å². The van der Waals surface area contributed by atoms with Gasteiger partial charge < -0.3 is 10.4 Å². The Labute approximate surface area is 102 Å². The molecule has 17 heavy (non-hydrogen) atoms. The predicted molar refractivity (Wildman–Crippen MR) is 67.4 cm³/mol. The van der Waals surface area contributed by atoms with E-state index in [-0.39, 0.29) is 0 Å². The number of aromatic carboxylic acids is 1. The molecular weight excluding hydrogens is 214 g/mol. The standard InChI is InChI=1S/C14H19NO2/c1-9-8-15-10(2)7-13(9)11-3-5-12(6-4-11)14(16)17/h3-6,9-10,13,15H,7-8H2,1-2H3,(H,16,17). The van der Waals surface area contributed by atoms with E-state index >= 15 is 0 Å². The predicted octanol–water partition coefficient (Wildman–Crippen LogP) is 2.49. The lowest BCUT2D eigenvalue weighted by molar-refractivity contribution is 0.0697. The summed E-state index contributed by atoms with van der Waals surface area (Å²) >= 11 is 0. The third kappa shape index (κ3) is 2.67. The zero-order valence-electron chi connectivity index (χ0n) is 10.3. The van der Waals surface area contributed by atoms with Crippen LogP contribution in [-0.4, -0.2) is 23.7 Å². The molecule has 1 aliphatic heterocycles. The maximum Gasteiger partial charge on any atom is 0.335 e. The Balaban J connectivity index is 2.18. The summed E-state index contributed by atoms with van der Waals surface area (Å²) in [5, 5.41) is 12.3. The molecule has 1 aliphatic rings. The minimum absolute atomic E-state index is 0.364. The third-order valence-electron chi connectivity index (χ3n) is 3.67. The van der Waals surface area contributed by atoms with E-state index in [4.69, 9.17) is 5.11 Å². The van der Waals surface area contributed by atoms with Crippen molar-refractivity contribution in [3.05, 3.63) is 35.4 Å². The monoisotopic (exact) mass is 233 g/mol. The minimum atomic E-state index is -0.858. The zero-order chi connectivity index (χ0) is 12.4. The quantitative estimate of drug-likeness (QED) is 0.825. The summed E-state index contributed by atoms with van der Waals surface area (Å²) < 4.78 is 0. The van der Waals surface area contributed by atoms with E-state index in [1.807, 2.05) is 12.1 Å². The highest BCUT2D eigenvalue weighted by Crippen LogP contribution is 2.32. The Hall–Kier alpha value is -1.35. The lowest BCUT2D eigenvalue weighted by Crippen LogP contribution is -2.40. The van der Waals surface area contributed by atoms with Crippen LogP contribution in [0.15, 0.2) is 24.3 Å². The normalized spacial score (nSPS) is 28.9. The summed E-state index contributed by atoms with van der Waals surface area (Å²) in [4.78, 5) is 10.8. The maximum atomic E-state index is 10.8. The van der Waals surface area contributed by atoms with Gasteiger partial charge in [-0.1, -0.05) is 19.1 Å². The molecule has 92 valence electrons. The highest BCUT2D eigenvalue weighted by atomic mass is 16.4. The molecule has 1 fully saturated rings. The Morgan fingerprint density at radius 3 is 2.53 bits per heavy atom. The van der Waals surface area contributed by atoms with Crippen LogP contribution in [-0.2, 0) is 0 Å². The summed E-state index contributed by atoms with van der Waals surface area (Å²) in [6.07, 6.45) is 1.12. The molecule has 0 aromatic heterocycles. The lowest BCUT2D eigenvalue weighted by Gasteiger charge is -2.34. The summed E-state index contributed by atoms with van der Waals surface area (Å²) in [7, 11) is 0. The lowest BCUT2D eigenvalue weighted by atomic mass is 9.79. The molecule has 3 unspecified atom stereocenters. The van der Waals surface area contributed by atoms with Gasteiger partial charge >= 0.3 is 5.97 Å². The van der Waals surface area contributed by atoms with E-state index in [0.29, 0.717) is 23.4 Å². The van der Waals surface area contributed by atoms with Crippen LogP contribution >= 0.6 is 0 Å². The first-order chi connectivity index (χ1) is 8.08. The van der Waals surface area contributed by atoms with Crippen molar-refractivity contribution in [3.8, 4) is 0 Å². The molecule has 3 atom stereocenters. The summed E-state index contributed by atoms with van der Waals surface area (Å²) in [5.41, 5.74) is 1.62. The smallest absolute Gasteiger partial charge is 0.335 e. The Bertz CT molecular complexity index is 399. The average molecular weight is 233 g/mol. The molecule has 3 heteroatoms. The van der Waals surface area contributed by atoms with Gasteiger partial charge in [0.1, 0.15) is 0 Å². The number of benzene rings is 1. The Morgan fingerprint density at radius 1 is 1.29 bits per heavy atom. The molecule has 0 radical (unpaired) electrons. The number of nitrogens with one attached hydrogen (secondary N) is 1. The number of piperidine rings is 1. The molecule has 3 nitrogen and oxygen atoms in total. The van der Waals surface area contributed by atoms with Crippen LogP contribution in [0.5, 0.6) is 0 Å². The van der Waals surface area contributed by atoms with Gasteiger partial charge in [-0.25, -0.2) is 4.79 Å². The third-order valence-corrected chi connectivity index (χ3v) is 3.67. The molecule has 2 N–H and O–H groups in total. The Kier molecular flexibility index (Phi) is 3.48. The molecule has 1 heterocycles. The van der Waals surface area contributed by atoms with Gasteiger partial charge in [0.2, 0.25) is 0 Å². The fraction of sp³-hybridized carbons (Fsp3) is 0.500. The van der Waals surface area contributed by atoms with Gasteiger partial charge in [-0.3, -0.25) is 0 Å². The van der Waals surface area contributed by atoms with Crippen molar-refractivity contribution in [2.24, 2.45) is 5.92 Å². The average Bonchev–Trinajstić information content (AvgIpc) is 2.32. The van der Waals surface area contributed by atoms with E-state index < -0.39 is 5.97 Å². The number of carboxylic acids is 1. The van der Waals surface area contributed by atoms with Gasteiger partial charge in [-0.2, -0.15) is 0 Å². The van der Waals surface area contributed by atoms with Crippen LogP contribution in [0.1, 0.15) is 42.1 Å². The van der Waals surface area contributed by atoms with Gasteiger partial charge in [-0.15, -0.1) is 0 Å². The van der Waals surface area contributed by atoms with Crippen LogP contribution in [0.3, 0.4) is 0 Å². The van der Waals surface area contributed by atoms with Crippen molar-refractivity contribution in [1.29, 1.82) is 0 Å². The van der Waals surface area contributed by atoms with Crippen LogP contribution in [0.4, 0.5) is 0 Å². The molecule has 2 rings (SSSR count). The van der Waals surface area contributed by atoms with Crippen molar-refractivity contribution in [2.75, 3.05) is 6.54 Å².